The van der Waals surface area contributed by atoms with Gasteiger partial charge in [0, 0.05) is 98.5 Å². The normalized spacial score (nSPS) is 11.5. The summed E-state index contributed by atoms with van der Waals surface area (Å²) in [7, 11) is 0. The van der Waals surface area contributed by atoms with Gasteiger partial charge in [-0.1, -0.05) is 406 Å². The summed E-state index contributed by atoms with van der Waals surface area (Å²) in [4.78, 5) is 45.8. The van der Waals surface area contributed by atoms with Crippen LogP contribution in [0.2, 0.25) is 0 Å². The van der Waals surface area contributed by atoms with Crippen LogP contribution in [0.25, 0.3) is 262 Å². The van der Waals surface area contributed by atoms with Crippen LogP contribution in [-0.2, 0) is 0 Å². The summed E-state index contributed by atoms with van der Waals surface area (Å²) >= 11 is 0. The summed E-state index contributed by atoms with van der Waals surface area (Å²) in [5, 5.41) is 11.5. The Kier molecular flexibility index (Phi) is 21.2. The van der Waals surface area contributed by atoms with Crippen LogP contribution in [0, 0.1) is 0 Å². The lowest BCUT2D eigenvalue weighted by Crippen LogP contribution is -2.06. The van der Waals surface area contributed by atoms with E-state index in [4.69, 9.17) is 53.7 Å². The van der Waals surface area contributed by atoms with E-state index in [1.54, 1.807) is 0 Å². The minimum atomic E-state index is 0.572. The second kappa shape index (κ2) is 36.2. The minimum Gasteiger partial charge on any atom is -0.456 e. The fourth-order valence-electron chi connectivity index (χ4n) is 20.0. The van der Waals surface area contributed by atoms with Crippen molar-refractivity contribution in [3.63, 3.8) is 0 Å². The Hall–Kier alpha value is -19.6. The highest BCUT2D eigenvalue weighted by Gasteiger charge is 2.25. The fraction of sp³-hybridized carbons (Fsp3) is 0. The molecule has 0 radical (unpaired) electrons. The number of hydrogen-bond donors (Lipinski definition) is 0. The summed E-state index contributed by atoms with van der Waals surface area (Å²) in [5.74, 6) is 5.46. The van der Waals surface area contributed by atoms with Gasteiger partial charge >= 0.3 is 0 Å². The zero-order valence-corrected chi connectivity index (χ0v) is 77.0. The predicted octanol–water partition coefficient (Wildman–Crippen LogP) is 32.7. The molecule has 0 aliphatic heterocycles. The zero-order valence-electron chi connectivity index (χ0n) is 77.0. The molecule has 28 rings (SSSR count). The van der Waals surface area contributed by atoms with Gasteiger partial charge in [0.15, 0.2) is 40.8 Å². The molecule has 20 aromatic carbocycles. The van der Waals surface area contributed by atoms with Gasteiger partial charge in [-0.05, 0) is 147 Å². The van der Waals surface area contributed by atoms with E-state index >= 15 is 0 Å². The van der Waals surface area contributed by atoms with Crippen LogP contribution in [0.3, 0.4) is 0 Å². The van der Waals surface area contributed by atoms with Crippen molar-refractivity contribution in [1.82, 2.24) is 58.6 Å². The lowest BCUT2D eigenvalue weighted by Gasteiger charge is -2.13. The Bertz CT molecular complexity index is 9440. The highest BCUT2D eigenvalue weighted by atomic mass is 16.3. The minimum absolute atomic E-state index is 0.572. The Morgan fingerprint density at radius 3 is 0.860 bits per heavy atom. The number of hydrogen-bond acceptors (Lipinski definition) is 11. The first-order valence-corrected chi connectivity index (χ1v) is 47.8. The number of rotatable bonds is 15. The first-order valence-electron chi connectivity index (χ1n) is 47.8. The Balaban J connectivity index is 0.000000110. The third kappa shape index (κ3) is 15.8. The van der Waals surface area contributed by atoms with E-state index in [0.717, 1.165) is 182 Å². The van der Waals surface area contributed by atoms with Crippen LogP contribution >= 0.6 is 0 Å². The predicted molar refractivity (Wildman–Crippen MR) is 582 cm³/mol. The molecule has 0 aliphatic carbocycles. The maximum Gasteiger partial charge on any atom is 0.238 e. The number of benzene rings is 20. The number of furan rings is 2. The van der Waals surface area contributed by atoms with Crippen LogP contribution in [0.5, 0.6) is 0 Å². The second-order valence-corrected chi connectivity index (χ2v) is 35.5. The van der Waals surface area contributed by atoms with Crippen molar-refractivity contribution in [1.29, 1.82) is 0 Å². The van der Waals surface area contributed by atoms with Crippen molar-refractivity contribution in [2.45, 2.75) is 0 Å². The molecule has 0 saturated heterocycles. The van der Waals surface area contributed by atoms with Crippen molar-refractivity contribution in [2.75, 3.05) is 0 Å². The molecule has 8 aromatic heterocycles. The van der Waals surface area contributed by atoms with Gasteiger partial charge in [0.1, 0.15) is 22.3 Å². The molecule has 8 heterocycles. The Morgan fingerprint density at radius 2 is 0.413 bits per heavy atom. The van der Waals surface area contributed by atoms with Gasteiger partial charge in [-0.2, -0.15) is 19.9 Å². The van der Waals surface area contributed by atoms with Gasteiger partial charge in [-0.25, -0.2) is 24.9 Å². The van der Waals surface area contributed by atoms with E-state index in [2.05, 4.69) is 420 Å². The topological polar surface area (TPSA) is 157 Å². The lowest BCUT2D eigenvalue weighted by molar-refractivity contribution is 0.668. The Labute approximate surface area is 821 Å². The SMILES string of the molecule is c1ccc(-c2ccc(-c3nc(-c4ccc(-c5ccccc5)cc4)nc(-c4cccc(-c5ccc6oc7ccccc7c6c5)c4)n3)cc2)cc1.c1ccc(-c2ccc(-c3nc(-c4cccc(-n5c6ccccc6c6ccccc65)c4)nc(-n4c5ccccc5c5ccccc54)n3)cc2)cc1.c1ccc(-c2nc(-c3ccc4c(c3)oc3cccc(-c5ccccc5)c34)nc(-n3c4ccccc4c4ccccc43)n2)cc1. The third-order valence-corrected chi connectivity index (χ3v) is 26.8. The van der Waals surface area contributed by atoms with Crippen LogP contribution in [0.4, 0.5) is 0 Å². The summed E-state index contributed by atoms with van der Waals surface area (Å²) < 4.78 is 19.1. The molecule has 143 heavy (non-hydrogen) atoms. The highest BCUT2D eigenvalue weighted by molar-refractivity contribution is 6.15. The van der Waals surface area contributed by atoms with Crippen molar-refractivity contribution in [2.24, 2.45) is 0 Å². The van der Waals surface area contributed by atoms with E-state index in [1.807, 2.05) is 91.0 Å². The molecule has 0 atom stereocenters. The molecule has 14 heteroatoms. The van der Waals surface area contributed by atoms with Crippen LogP contribution < -0.4 is 0 Å². The monoisotopic (exact) mass is 1830 g/mol. The third-order valence-electron chi connectivity index (χ3n) is 26.8. The first kappa shape index (κ1) is 84.0. The van der Waals surface area contributed by atoms with Gasteiger partial charge in [-0.3, -0.25) is 9.13 Å². The molecule has 0 bridgehead atoms. The molecule has 0 N–H and O–H groups in total. The summed E-state index contributed by atoms with van der Waals surface area (Å²) in [6, 6.07) is 172. The number of para-hydroxylation sites is 7. The lowest BCUT2D eigenvalue weighted by atomic mass is 9.99. The number of fused-ring (bicyclic) bond motifs is 15. The molecule has 0 aliphatic rings. The standard InChI is InChI=1S/C45H29N5.C45H29N3O.C39H24N4O/c1-2-13-30(14-3-1)31-25-27-32(28-26-31)43-46-44(48-45(47-43)50-41-23-10-6-19-37(41)38-20-7-11-24-42(38)50)33-15-12-16-34(29-33)49-39-21-8-4-17-35(39)36-18-5-9-22-40(36)49;1-3-10-30(11-4-1)32-18-22-34(23-19-32)43-46-44(35-24-20-33(21-25-35)31-12-5-2-6-13-31)48-45(47-43)38-15-9-14-36(28-38)37-26-27-42-40(29-37)39-16-7-8-17-41(39)49-42;1-3-12-25(13-4-1)28-18-11-21-34-36(28)31-23-22-27(24-35(31)44-34)38-40-37(26-14-5-2-6-15-26)41-39(42-38)43-32-19-9-7-16-29(32)30-17-8-10-20-33(30)43/h1-29H;1-29H;1-24H. The van der Waals surface area contributed by atoms with Crippen molar-refractivity contribution in [3.05, 3.63) is 497 Å². The summed E-state index contributed by atoms with van der Waals surface area (Å²) in [6.45, 7) is 0. The fourth-order valence-corrected chi connectivity index (χ4v) is 20.0. The van der Waals surface area contributed by atoms with Crippen LogP contribution in [0.1, 0.15) is 0 Å². The number of aromatic nitrogens is 12. The Morgan fingerprint density at radius 1 is 0.140 bits per heavy atom. The quantitative estimate of drug-likeness (QED) is 0.0962. The van der Waals surface area contributed by atoms with Crippen LogP contribution in [0.15, 0.2) is 506 Å². The van der Waals surface area contributed by atoms with Gasteiger partial charge in [-0.15, -0.1) is 0 Å². The largest absolute Gasteiger partial charge is 0.456 e. The maximum atomic E-state index is 6.43. The maximum absolute atomic E-state index is 6.43. The first-order chi connectivity index (χ1) is 70.9. The van der Waals surface area contributed by atoms with Crippen molar-refractivity contribution in [3.8, 4) is 153 Å². The summed E-state index contributed by atoms with van der Waals surface area (Å²) in [6.07, 6.45) is 0. The van der Waals surface area contributed by atoms with E-state index in [0.29, 0.717) is 52.7 Å². The zero-order chi connectivity index (χ0) is 94.6. The smallest absolute Gasteiger partial charge is 0.238 e. The van der Waals surface area contributed by atoms with E-state index in [-0.39, 0.29) is 0 Å². The van der Waals surface area contributed by atoms with Gasteiger partial charge in [0.05, 0.1) is 33.1 Å². The molecule has 0 amide bonds. The van der Waals surface area contributed by atoms with Crippen molar-refractivity contribution < 1.29 is 8.83 Å². The summed E-state index contributed by atoms with van der Waals surface area (Å²) in [5.41, 5.74) is 28.8. The van der Waals surface area contributed by atoms with Gasteiger partial charge in [0.25, 0.3) is 0 Å². The molecule has 0 saturated carbocycles. The molecule has 670 valence electrons. The highest BCUT2D eigenvalue weighted by Crippen LogP contribution is 2.43. The molecule has 0 unspecified atom stereocenters. The van der Waals surface area contributed by atoms with E-state index in [1.165, 1.54) is 27.5 Å². The molecule has 0 spiro atoms. The van der Waals surface area contributed by atoms with Crippen molar-refractivity contribution >= 4 is 109 Å². The number of nitrogens with zero attached hydrogens (tertiary/aromatic N) is 12. The molecular formula is C129H82N12O2. The van der Waals surface area contributed by atoms with Gasteiger partial charge in [0.2, 0.25) is 11.9 Å². The van der Waals surface area contributed by atoms with Crippen LogP contribution in [-0.4, -0.2) is 58.6 Å². The molecule has 28 aromatic rings. The second-order valence-electron chi connectivity index (χ2n) is 35.5. The molecular weight excluding hydrogens is 1750 g/mol. The molecule has 14 nitrogen and oxygen atoms in total. The average Bonchev–Trinajstić information content (AvgIpc) is 1.61. The average molecular weight is 1830 g/mol. The van der Waals surface area contributed by atoms with E-state index in [9.17, 15) is 0 Å². The van der Waals surface area contributed by atoms with Gasteiger partial charge < -0.3 is 13.4 Å². The van der Waals surface area contributed by atoms with E-state index < -0.39 is 0 Å². The molecule has 0 fully saturated rings.